The third-order valence-electron chi connectivity index (χ3n) is 2.53. The number of thioether (sulfide) groups is 1. The van der Waals surface area contributed by atoms with Crippen LogP contribution < -0.4 is 4.90 Å². The number of rotatable bonds is 1. The molecular weight excluding hydrogens is 178 g/mol. The van der Waals surface area contributed by atoms with Gasteiger partial charge in [-0.3, -0.25) is 0 Å². The summed E-state index contributed by atoms with van der Waals surface area (Å²) in [6.45, 7) is 3.40. The predicted molar refractivity (Wildman–Crippen MR) is 59.8 cm³/mol. The molecule has 0 saturated heterocycles. The molecule has 0 unspecified atom stereocenters. The van der Waals surface area contributed by atoms with Crippen molar-refractivity contribution >= 4 is 17.4 Å². The van der Waals surface area contributed by atoms with Gasteiger partial charge in [-0.25, -0.2) is 0 Å². The van der Waals surface area contributed by atoms with Gasteiger partial charge in [-0.05, 0) is 18.1 Å². The van der Waals surface area contributed by atoms with E-state index in [1.165, 1.54) is 28.4 Å². The van der Waals surface area contributed by atoms with Crippen LogP contribution >= 0.6 is 11.8 Å². The molecule has 0 spiro atoms. The van der Waals surface area contributed by atoms with E-state index in [9.17, 15) is 0 Å². The van der Waals surface area contributed by atoms with E-state index < -0.39 is 0 Å². The number of para-hydroxylation sites is 1. The van der Waals surface area contributed by atoms with Crippen molar-refractivity contribution < 1.29 is 0 Å². The largest absolute Gasteiger partial charge is 0.373 e. The third kappa shape index (κ3) is 1.55. The number of hydrogen-bond acceptors (Lipinski definition) is 2. The second kappa shape index (κ2) is 3.62. The number of anilines is 1. The maximum absolute atomic E-state index is 2.38. The third-order valence-corrected chi connectivity index (χ3v) is 3.56. The van der Waals surface area contributed by atoms with Crippen LogP contribution in [0.1, 0.15) is 12.5 Å². The zero-order valence-corrected chi connectivity index (χ0v) is 9.03. The van der Waals surface area contributed by atoms with Crippen molar-refractivity contribution in [1.29, 1.82) is 0 Å². The number of nitrogens with zero attached hydrogens (tertiary/aromatic N) is 1. The summed E-state index contributed by atoms with van der Waals surface area (Å²) >= 11 is 1.98. The fourth-order valence-corrected chi connectivity index (χ4v) is 2.99. The summed E-state index contributed by atoms with van der Waals surface area (Å²) in [5.74, 6) is 1.22. The average Bonchev–Trinajstić information content (AvgIpc) is 2.17. The Balaban J connectivity index is 2.50. The average molecular weight is 193 g/mol. The molecule has 70 valence electrons. The van der Waals surface area contributed by atoms with Crippen LogP contribution in [0.25, 0.3) is 0 Å². The number of aryl methyl sites for hydroxylation is 1. The molecule has 1 aliphatic heterocycles. The van der Waals surface area contributed by atoms with Crippen LogP contribution in [0.5, 0.6) is 0 Å². The molecule has 13 heavy (non-hydrogen) atoms. The maximum Gasteiger partial charge on any atom is 0.0534 e. The Morgan fingerprint density at radius 2 is 2.31 bits per heavy atom. The Hall–Kier alpha value is -0.630. The van der Waals surface area contributed by atoms with E-state index in [1.807, 2.05) is 11.8 Å². The lowest BCUT2D eigenvalue weighted by Gasteiger charge is -2.29. The van der Waals surface area contributed by atoms with E-state index in [-0.39, 0.29) is 0 Å². The Bertz CT molecular complexity index is 295. The van der Waals surface area contributed by atoms with Crippen LogP contribution in [0.4, 0.5) is 5.69 Å². The molecule has 1 aromatic carbocycles. The van der Waals surface area contributed by atoms with Crippen LogP contribution in [0, 0.1) is 0 Å². The van der Waals surface area contributed by atoms with Gasteiger partial charge in [0, 0.05) is 24.2 Å². The molecule has 0 amide bonds. The van der Waals surface area contributed by atoms with Gasteiger partial charge in [0.2, 0.25) is 0 Å². The van der Waals surface area contributed by atoms with Gasteiger partial charge in [-0.1, -0.05) is 19.1 Å². The molecule has 1 nitrogen and oxygen atoms in total. The highest BCUT2D eigenvalue weighted by molar-refractivity contribution is 7.99. The highest BCUT2D eigenvalue weighted by Crippen LogP contribution is 2.36. The highest BCUT2D eigenvalue weighted by Gasteiger charge is 2.16. The summed E-state index contributed by atoms with van der Waals surface area (Å²) in [5.41, 5.74) is 2.94. The first kappa shape index (κ1) is 8.95. The lowest BCUT2D eigenvalue weighted by atomic mass is 10.1. The lowest BCUT2D eigenvalue weighted by molar-refractivity contribution is 0.922. The molecule has 0 atom stereocenters. The van der Waals surface area contributed by atoms with Gasteiger partial charge in [-0.15, -0.1) is 11.8 Å². The topological polar surface area (TPSA) is 3.24 Å². The van der Waals surface area contributed by atoms with Crippen molar-refractivity contribution in [3.05, 3.63) is 23.8 Å². The highest BCUT2D eigenvalue weighted by atomic mass is 32.2. The first-order chi connectivity index (χ1) is 6.33. The van der Waals surface area contributed by atoms with Gasteiger partial charge >= 0.3 is 0 Å². The summed E-state index contributed by atoms with van der Waals surface area (Å²) in [7, 11) is 2.19. The smallest absolute Gasteiger partial charge is 0.0534 e. The molecular formula is C11H15NS. The molecule has 1 aromatic rings. The lowest BCUT2D eigenvalue weighted by Crippen LogP contribution is -2.25. The molecule has 0 saturated carbocycles. The zero-order chi connectivity index (χ0) is 9.26. The Morgan fingerprint density at radius 1 is 1.46 bits per heavy atom. The van der Waals surface area contributed by atoms with E-state index >= 15 is 0 Å². The van der Waals surface area contributed by atoms with Crippen molar-refractivity contribution in [2.24, 2.45) is 0 Å². The molecule has 0 radical (unpaired) electrons. The van der Waals surface area contributed by atoms with Crippen LogP contribution in [0.3, 0.4) is 0 Å². The van der Waals surface area contributed by atoms with Gasteiger partial charge in [-0.2, -0.15) is 0 Å². The van der Waals surface area contributed by atoms with Gasteiger partial charge in [0.15, 0.2) is 0 Å². The second-order valence-corrected chi connectivity index (χ2v) is 4.52. The summed E-state index contributed by atoms with van der Waals surface area (Å²) in [4.78, 5) is 3.83. The molecule has 0 bridgehead atoms. The van der Waals surface area contributed by atoms with Gasteiger partial charge < -0.3 is 4.90 Å². The van der Waals surface area contributed by atoms with E-state index in [4.69, 9.17) is 0 Å². The molecule has 2 heteroatoms. The van der Waals surface area contributed by atoms with Gasteiger partial charge in [0.25, 0.3) is 0 Å². The molecule has 0 fully saturated rings. The molecule has 1 aliphatic rings. The van der Waals surface area contributed by atoms with Crippen molar-refractivity contribution in [1.82, 2.24) is 0 Å². The first-order valence-electron chi connectivity index (χ1n) is 4.78. The fourth-order valence-electron chi connectivity index (χ4n) is 1.81. The Morgan fingerprint density at radius 3 is 3.08 bits per heavy atom. The summed E-state index contributed by atoms with van der Waals surface area (Å²) in [5, 5.41) is 0. The van der Waals surface area contributed by atoms with Crippen molar-refractivity contribution in [2.45, 2.75) is 18.2 Å². The minimum atomic E-state index is 1.13. The summed E-state index contributed by atoms with van der Waals surface area (Å²) in [6, 6.07) is 6.64. The minimum absolute atomic E-state index is 1.13. The maximum atomic E-state index is 2.38. The quantitative estimate of drug-likeness (QED) is 0.674. The minimum Gasteiger partial charge on any atom is -0.373 e. The van der Waals surface area contributed by atoms with Crippen LogP contribution in [0.15, 0.2) is 23.1 Å². The monoisotopic (exact) mass is 193 g/mol. The van der Waals surface area contributed by atoms with Crippen LogP contribution in [-0.2, 0) is 6.42 Å². The van der Waals surface area contributed by atoms with Crippen molar-refractivity contribution in [2.75, 3.05) is 24.2 Å². The SMILES string of the molecule is CCc1cccc2c1N(C)CCS2. The van der Waals surface area contributed by atoms with E-state index in [0.717, 1.165) is 6.42 Å². The standard InChI is InChI=1S/C11H15NS/c1-3-9-5-4-6-10-11(9)12(2)7-8-13-10/h4-6H,3,7-8H2,1-2H3. The van der Waals surface area contributed by atoms with E-state index in [1.54, 1.807) is 0 Å². The van der Waals surface area contributed by atoms with Gasteiger partial charge in [0.05, 0.1) is 5.69 Å². The molecule has 0 N–H and O–H groups in total. The summed E-state index contributed by atoms with van der Waals surface area (Å²) < 4.78 is 0. The Kier molecular flexibility index (Phi) is 2.49. The van der Waals surface area contributed by atoms with Crippen LogP contribution in [-0.4, -0.2) is 19.3 Å². The van der Waals surface area contributed by atoms with Crippen molar-refractivity contribution in [3.8, 4) is 0 Å². The molecule has 0 aromatic heterocycles. The first-order valence-corrected chi connectivity index (χ1v) is 5.77. The fraction of sp³-hybridized carbons (Fsp3) is 0.455. The predicted octanol–water partition coefficient (Wildman–Crippen LogP) is 2.79. The second-order valence-electron chi connectivity index (χ2n) is 3.39. The Labute approximate surface area is 84.1 Å². The number of hydrogen-bond donors (Lipinski definition) is 0. The molecule has 1 heterocycles. The number of fused-ring (bicyclic) bond motifs is 1. The molecule has 0 aliphatic carbocycles. The normalized spacial score (nSPS) is 15.7. The van der Waals surface area contributed by atoms with E-state index in [0.29, 0.717) is 0 Å². The van der Waals surface area contributed by atoms with Crippen molar-refractivity contribution in [3.63, 3.8) is 0 Å². The molecule has 2 rings (SSSR count). The summed E-state index contributed by atoms with van der Waals surface area (Å²) in [6.07, 6.45) is 1.13. The van der Waals surface area contributed by atoms with Crippen LogP contribution in [0.2, 0.25) is 0 Å². The zero-order valence-electron chi connectivity index (χ0n) is 8.21. The number of benzene rings is 1. The van der Waals surface area contributed by atoms with Gasteiger partial charge in [0.1, 0.15) is 0 Å². The van der Waals surface area contributed by atoms with E-state index in [2.05, 4.69) is 37.1 Å².